The summed E-state index contributed by atoms with van der Waals surface area (Å²) in [5.74, 6) is 0.924. The summed E-state index contributed by atoms with van der Waals surface area (Å²) >= 11 is 0. The maximum absolute atomic E-state index is 4.32. The number of nitrogens with zero attached hydrogens (tertiary/aromatic N) is 2. The lowest BCUT2D eigenvalue weighted by molar-refractivity contribution is 0.661. The molecule has 0 amide bonds. The second-order valence-corrected chi connectivity index (χ2v) is 3.13. The lowest BCUT2D eigenvalue weighted by Gasteiger charge is -1.99. The van der Waals surface area contributed by atoms with Crippen LogP contribution in [-0.4, -0.2) is 14.8 Å². The summed E-state index contributed by atoms with van der Waals surface area (Å²) in [6.45, 7) is 3.79. The minimum Gasteiger partial charge on any atom is -0.367 e. The quantitative estimate of drug-likeness (QED) is 0.772. The van der Waals surface area contributed by atoms with Gasteiger partial charge in [-0.3, -0.25) is 4.68 Å². The Kier molecular flexibility index (Phi) is 2.53. The van der Waals surface area contributed by atoms with Crippen LogP contribution in [0, 0.1) is 0 Å². The molecule has 74 valence electrons. The highest BCUT2D eigenvalue weighted by Crippen LogP contribution is 2.05. The van der Waals surface area contributed by atoms with Gasteiger partial charge >= 0.3 is 0 Å². The predicted octanol–water partition coefficient (Wildman–Crippen LogP) is 1.84. The van der Waals surface area contributed by atoms with Gasteiger partial charge in [0, 0.05) is 37.7 Å². The fourth-order valence-electron chi connectivity index (χ4n) is 1.29. The first-order valence-corrected chi connectivity index (χ1v) is 4.77. The van der Waals surface area contributed by atoms with Gasteiger partial charge in [-0.05, 0) is 18.6 Å². The molecule has 0 saturated carbocycles. The third-order valence-corrected chi connectivity index (χ3v) is 2.10. The number of hydrogen-bond donors (Lipinski definition) is 2. The van der Waals surface area contributed by atoms with Crippen LogP contribution in [0.1, 0.15) is 12.5 Å². The van der Waals surface area contributed by atoms with Gasteiger partial charge in [-0.25, -0.2) is 0 Å². The van der Waals surface area contributed by atoms with Crippen LogP contribution in [0.4, 0.5) is 5.82 Å². The minimum absolute atomic E-state index is 0.810. The van der Waals surface area contributed by atoms with E-state index >= 15 is 0 Å². The van der Waals surface area contributed by atoms with Crippen LogP contribution < -0.4 is 5.32 Å². The maximum Gasteiger partial charge on any atom is 0.148 e. The molecule has 0 saturated heterocycles. The van der Waals surface area contributed by atoms with Gasteiger partial charge < -0.3 is 10.3 Å². The van der Waals surface area contributed by atoms with E-state index in [0.717, 1.165) is 18.9 Å². The van der Waals surface area contributed by atoms with Crippen LogP contribution in [0.3, 0.4) is 0 Å². The minimum atomic E-state index is 0.810. The summed E-state index contributed by atoms with van der Waals surface area (Å²) in [6, 6.07) is 4.03. The van der Waals surface area contributed by atoms with Crippen LogP contribution in [0.15, 0.2) is 30.7 Å². The van der Waals surface area contributed by atoms with Gasteiger partial charge in [-0.1, -0.05) is 0 Å². The molecule has 2 N–H and O–H groups in total. The molecule has 0 aliphatic rings. The first-order chi connectivity index (χ1) is 6.88. The largest absolute Gasteiger partial charge is 0.367 e. The highest BCUT2D eigenvalue weighted by Gasteiger charge is 1.97. The number of aryl methyl sites for hydroxylation is 1. The van der Waals surface area contributed by atoms with E-state index in [1.807, 2.05) is 35.4 Å². The van der Waals surface area contributed by atoms with E-state index in [1.165, 1.54) is 5.56 Å². The molecule has 2 rings (SSSR count). The van der Waals surface area contributed by atoms with Crippen molar-refractivity contribution in [3.8, 4) is 0 Å². The molecule has 2 aromatic heterocycles. The first-order valence-electron chi connectivity index (χ1n) is 4.77. The number of aromatic nitrogens is 3. The number of rotatable bonds is 4. The van der Waals surface area contributed by atoms with Crippen molar-refractivity contribution in [3.05, 3.63) is 36.3 Å². The molecule has 2 heterocycles. The van der Waals surface area contributed by atoms with Gasteiger partial charge in [0.25, 0.3) is 0 Å². The van der Waals surface area contributed by atoms with Crippen molar-refractivity contribution in [2.45, 2.75) is 20.0 Å². The van der Waals surface area contributed by atoms with Crippen molar-refractivity contribution < 1.29 is 0 Å². The fourth-order valence-corrected chi connectivity index (χ4v) is 1.29. The van der Waals surface area contributed by atoms with E-state index in [2.05, 4.69) is 22.3 Å². The van der Waals surface area contributed by atoms with Crippen LogP contribution in [-0.2, 0) is 13.1 Å². The normalized spacial score (nSPS) is 10.4. The van der Waals surface area contributed by atoms with E-state index in [-0.39, 0.29) is 0 Å². The van der Waals surface area contributed by atoms with Crippen molar-refractivity contribution in [3.63, 3.8) is 0 Å². The lowest BCUT2D eigenvalue weighted by atomic mass is 10.3. The van der Waals surface area contributed by atoms with Crippen molar-refractivity contribution >= 4 is 5.82 Å². The summed E-state index contributed by atoms with van der Waals surface area (Å²) in [7, 11) is 0. The Morgan fingerprint density at radius 3 is 3.07 bits per heavy atom. The SMILES string of the molecule is CCn1ccc(NCc2cc[nH]c2)n1. The zero-order valence-corrected chi connectivity index (χ0v) is 8.20. The van der Waals surface area contributed by atoms with E-state index in [0.29, 0.717) is 0 Å². The van der Waals surface area contributed by atoms with Crippen molar-refractivity contribution in [2.24, 2.45) is 0 Å². The van der Waals surface area contributed by atoms with Gasteiger partial charge in [-0.15, -0.1) is 0 Å². The molecule has 0 aliphatic carbocycles. The molecule has 4 heteroatoms. The van der Waals surface area contributed by atoms with E-state index in [9.17, 15) is 0 Å². The fraction of sp³-hybridized carbons (Fsp3) is 0.300. The standard InChI is InChI=1S/C10H14N4/c1-2-14-6-4-10(13-14)12-8-9-3-5-11-7-9/h3-7,11H,2,8H2,1H3,(H,12,13). The van der Waals surface area contributed by atoms with Crippen LogP contribution in [0.2, 0.25) is 0 Å². The topological polar surface area (TPSA) is 45.6 Å². The molecule has 0 radical (unpaired) electrons. The average molecular weight is 190 g/mol. The Bertz CT molecular complexity index is 374. The van der Waals surface area contributed by atoms with Gasteiger partial charge in [-0.2, -0.15) is 5.10 Å². The smallest absolute Gasteiger partial charge is 0.148 e. The summed E-state index contributed by atoms with van der Waals surface area (Å²) in [4.78, 5) is 3.02. The second kappa shape index (κ2) is 4.00. The Morgan fingerprint density at radius 1 is 1.50 bits per heavy atom. The molecule has 14 heavy (non-hydrogen) atoms. The van der Waals surface area contributed by atoms with Crippen molar-refractivity contribution in [1.29, 1.82) is 0 Å². The molecule has 0 spiro atoms. The molecule has 0 fully saturated rings. The Morgan fingerprint density at radius 2 is 2.43 bits per heavy atom. The highest BCUT2D eigenvalue weighted by molar-refractivity contribution is 5.33. The monoisotopic (exact) mass is 190 g/mol. The second-order valence-electron chi connectivity index (χ2n) is 3.13. The molecular formula is C10H14N4. The predicted molar refractivity (Wildman–Crippen MR) is 56.0 cm³/mol. The Hall–Kier alpha value is -1.71. The van der Waals surface area contributed by atoms with Crippen LogP contribution in [0.25, 0.3) is 0 Å². The maximum atomic E-state index is 4.32. The molecule has 4 nitrogen and oxygen atoms in total. The summed E-state index contributed by atoms with van der Waals surface area (Å²) in [5.41, 5.74) is 1.23. The third-order valence-electron chi connectivity index (χ3n) is 2.10. The first kappa shape index (κ1) is 8.87. The lowest BCUT2D eigenvalue weighted by Crippen LogP contribution is -2.00. The number of nitrogens with one attached hydrogen (secondary N) is 2. The molecular weight excluding hydrogens is 176 g/mol. The summed E-state index contributed by atoms with van der Waals surface area (Å²) in [5, 5.41) is 7.57. The van der Waals surface area contributed by atoms with Crippen LogP contribution in [0.5, 0.6) is 0 Å². The Balaban J connectivity index is 1.92. The van der Waals surface area contributed by atoms with E-state index in [4.69, 9.17) is 0 Å². The van der Waals surface area contributed by atoms with Crippen LogP contribution >= 0.6 is 0 Å². The number of aromatic amines is 1. The highest BCUT2D eigenvalue weighted by atomic mass is 15.3. The zero-order chi connectivity index (χ0) is 9.80. The van der Waals surface area contributed by atoms with Gasteiger partial charge in [0.05, 0.1) is 0 Å². The summed E-state index contributed by atoms with van der Waals surface area (Å²) in [6.07, 6.45) is 5.87. The van der Waals surface area contributed by atoms with E-state index < -0.39 is 0 Å². The average Bonchev–Trinajstić information content (AvgIpc) is 2.86. The number of H-pyrrole nitrogens is 1. The van der Waals surface area contributed by atoms with Gasteiger partial charge in [0.15, 0.2) is 0 Å². The summed E-state index contributed by atoms with van der Waals surface area (Å²) < 4.78 is 1.90. The third kappa shape index (κ3) is 1.96. The van der Waals surface area contributed by atoms with E-state index in [1.54, 1.807) is 0 Å². The van der Waals surface area contributed by atoms with Crippen molar-refractivity contribution in [2.75, 3.05) is 5.32 Å². The van der Waals surface area contributed by atoms with Gasteiger partial charge in [0.1, 0.15) is 5.82 Å². The Labute approximate surface area is 82.9 Å². The molecule has 0 unspecified atom stereocenters. The number of anilines is 1. The molecule has 0 aliphatic heterocycles. The zero-order valence-electron chi connectivity index (χ0n) is 8.20. The molecule has 0 bridgehead atoms. The molecule has 2 aromatic rings. The molecule has 0 atom stereocenters. The molecule has 0 aromatic carbocycles. The number of hydrogen-bond acceptors (Lipinski definition) is 2. The van der Waals surface area contributed by atoms with Gasteiger partial charge in [0.2, 0.25) is 0 Å². The van der Waals surface area contributed by atoms with Crippen molar-refractivity contribution in [1.82, 2.24) is 14.8 Å².